The van der Waals surface area contributed by atoms with Gasteiger partial charge in [0.1, 0.15) is 5.69 Å². The molecule has 1 aromatic heterocycles. The molecule has 0 aliphatic heterocycles. The van der Waals surface area contributed by atoms with Crippen LogP contribution < -0.4 is 34.3 Å². The number of para-hydroxylation sites is 2. The third-order valence-electron chi connectivity index (χ3n) is 1.92. The van der Waals surface area contributed by atoms with Crippen molar-refractivity contribution in [3.05, 3.63) is 41.7 Å². The van der Waals surface area contributed by atoms with Crippen LogP contribution in [0.25, 0.3) is 5.69 Å². The van der Waals surface area contributed by atoms with E-state index in [2.05, 4.69) is 5.10 Å². The van der Waals surface area contributed by atoms with Crippen LogP contribution in [0.4, 0.5) is 0 Å². The molecule has 0 saturated carbocycles. The van der Waals surface area contributed by atoms with Gasteiger partial charge in [-0.15, -0.1) is 0 Å². The second-order valence-electron chi connectivity index (χ2n) is 3.16. The molecule has 6 heteroatoms. The van der Waals surface area contributed by atoms with Gasteiger partial charge in [-0.25, -0.2) is 4.68 Å². The van der Waals surface area contributed by atoms with Crippen molar-refractivity contribution in [2.75, 3.05) is 0 Å². The molecule has 1 heterocycles. The fourth-order valence-electron chi connectivity index (χ4n) is 1.32. The third-order valence-corrected chi connectivity index (χ3v) is 2.11. The molecule has 84 valence electrons. The second kappa shape index (κ2) is 6.21. The van der Waals surface area contributed by atoms with E-state index in [9.17, 15) is 4.79 Å². The zero-order valence-electron chi connectivity index (χ0n) is 10.6. The van der Waals surface area contributed by atoms with Crippen LogP contribution in [0, 0.1) is 0 Å². The molecule has 0 saturated heterocycles. The summed E-state index contributed by atoms with van der Waals surface area (Å²) in [6.07, 6.45) is 3.16. The number of hydrogen-bond acceptors (Lipinski definition) is 3. The summed E-state index contributed by atoms with van der Waals surface area (Å²) in [6, 6.07) is 7.11. The standard InChI is InChI=1S/C11H9ClN2O2.Na.H/c1-8(15)16-11-5-3-2-4-10(11)14-7-9(12)6-13-14;;/h2-7H,1H3;;/q;+1;-1. The fourth-order valence-corrected chi connectivity index (χ4v) is 1.46. The van der Waals surface area contributed by atoms with Crippen LogP contribution >= 0.6 is 11.6 Å². The Hall–Kier alpha value is -0.810. The molecule has 2 aromatic rings. The molecule has 0 spiro atoms. The Balaban J connectivity index is 0.00000144. The van der Waals surface area contributed by atoms with Crippen LogP contribution in [-0.2, 0) is 4.79 Å². The summed E-state index contributed by atoms with van der Waals surface area (Å²) < 4.78 is 6.62. The van der Waals surface area contributed by atoms with Crippen molar-refractivity contribution in [1.29, 1.82) is 0 Å². The van der Waals surface area contributed by atoms with E-state index in [1.807, 2.05) is 6.07 Å². The maximum atomic E-state index is 10.9. The smallest absolute Gasteiger partial charge is 1.00 e. The molecule has 0 bridgehead atoms. The Bertz CT molecular complexity index is 533. The first-order valence-electron chi connectivity index (χ1n) is 4.65. The van der Waals surface area contributed by atoms with E-state index in [4.69, 9.17) is 16.3 Å². The van der Waals surface area contributed by atoms with Crippen molar-refractivity contribution in [2.24, 2.45) is 0 Å². The Morgan fingerprint density at radius 3 is 2.76 bits per heavy atom. The molecule has 4 nitrogen and oxygen atoms in total. The molecule has 2 rings (SSSR count). The number of ether oxygens (including phenoxy) is 1. The molecule has 0 unspecified atom stereocenters. The van der Waals surface area contributed by atoms with Gasteiger partial charge in [0.15, 0.2) is 5.75 Å². The first-order valence-corrected chi connectivity index (χ1v) is 5.02. The van der Waals surface area contributed by atoms with Crippen molar-refractivity contribution in [3.8, 4) is 11.4 Å². The molecule has 0 fully saturated rings. The molecule has 0 radical (unpaired) electrons. The third kappa shape index (κ3) is 3.57. The largest absolute Gasteiger partial charge is 1.00 e. The molecular formula is C11H10ClN2NaO2. The summed E-state index contributed by atoms with van der Waals surface area (Å²) in [5, 5.41) is 4.57. The molecule has 0 atom stereocenters. The number of halogens is 1. The second-order valence-corrected chi connectivity index (χ2v) is 3.60. The van der Waals surface area contributed by atoms with E-state index >= 15 is 0 Å². The Morgan fingerprint density at radius 1 is 1.47 bits per heavy atom. The number of hydrogen-bond donors (Lipinski definition) is 0. The SMILES string of the molecule is CC(=O)Oc1ccccc1-n1cc(Cl)cn1.[H-].[Na+]. The average molecular weight is 261 g/mol. The molecule has 0 aliphatic rings. The van der Waals surface area contributed by atoms with E-state index < -0.39 is 0 Å². The van der Waals surface area contributed by atoms with Gasteiger partial charge in [0.05, 0.1) is 11.2 Å². The predicted octanol–water partition coefficient (Wildman–Crippen LogP) is -0.433. The van der Waals surface area contributed by atoms with Crippen LogP contribution in [0.3, 0.4) is 0 Å². The van der Waals surface area contributed by atoms with Crippen molar-refractivity contribution in [1.82, 2.24) is 9.78 Å². The minimum Gasteiger partial charge on any atom is -1.00 e. The topological polar surface area (TPSA) is 44.1 Å². The van der Waals surface area contributed by atoms with Crippen molar-refractivity contribution >= 4 is 17.6 Å². The first-order chi connectivity index (χ1) is 7.66. The summed E-state index contributed by atoms with van der Waals surface area (Å²) in [5.74, 6) is 0.0838. The summed E-state index contributed by atoms with van der Waals surface area (Å²) in [4.78, 5) is 10.9. The normalized spacial score (nSPS) is 9.53. The molecule has 0 aliphatic carbocycles. The van der Waals surface area contributed by atoms with Gasteiger partial charge in [-0.3, -0.25) is 4.79 Å². The van der Waals surface area contributed by atoms with Crippen molar-refractivity contribution < 1.29 is 40.5 Å². The molecule has 1 aromatic carbocycles. The van der Waals surface area contributed by atoms with Gasteiger partial charge in [0, 0.05) is 13.1 Å². The van der Waals surface area contributed by atoms with Gasteiger partial charge in [0.25, 0.3) is 0 Å². The number of benzene rings is 1. The number of esters is 1. The van der Waals surface area contributed by atoms with Crippen LogP contribution in [0.5, 0.6) is 5.75 Å². The molecule has 0 amide bonds. The van der Waals surface area contributed by atoms with Crippen LogP contribution in [-0.4, -0.2) is 15.7 Å². The van der Waals surface area contributed by atoms with Gasteiger partial charge in [0.2, 0.25) is 0 Å². The van der Waals surface area contributed by atoms with E-state index in [0.717, 1.165) is 0 Å². The van der Waals surface area contributed by atoms with Gasteiger partial charge < -0.3 is 6.16 Å². The van der Waals surface area contributed by atoms with Crippen molar-refractivity contribution in [3.63, 3.8) is 0 Å². The number of aromatic nitrogens is 2. The Labute approximate surface area is 127 Å². The Morgan fingerprint density at radius 2 is 2.18 bits per heavy atom. The fraction of sp³-hybridized carbons (Fsp3) is 0.0909. The van der Waals surface area contributed by atoms with Gasteiger partial charge >= 0.3 is 35.5 Å². The zero-order valence-corrected chi connectivity index (χ0v) is 12.3. The van der Waals surface area contributed by atoms with Crippen LogP contribution in [0.15, 0.2) is 36.7 Å². The Kier molecular flexibility index (Phi) is 5.21. The molecular weight excluding hydrogens is 251 g/mol. The van der Waals surface area contributed by atoms with E-state index in [1.54, 1.807) is 29.1 Å². The van der Waals surface area contributed by atoms with E-state index in [1.165, 1.54) is 13.1 Å². The summed E-state index contributed by atoms with van der Waals surface area (Å²) in [5.41, 5.74) is 0.671. The number of carbonyl (C=O) groups is 1. The summed E-state index contributed by atoms with van der Waals surface area (Å²) >= 11 is 5.78. The maximum absolute atomic E-state index is 10.9. The molecule has 0 N–H and O–H groups in total. The van der Waals surface area contributed by atoms with Crippen LogP contribution in [0.2, 0.25) is 5.02 Å². The zero-order chi connectivity index (χ0) is 11.5. The van der Waals surface area contributed by atoms with Crippen LogP contribution in [0.1, 0.15) is 8.35 Å². The molecule has 17 heavy (non-hydrogen) atoms. The average Bonchev–Trinajstić information content (AvgIpc) is 2.65. The summed E-state index contributed by atoms with van der Waals surface area (Å²) in [7, 11) is 0. The number of carbonyl (C=O) groups excluding carboxylic acids is 1. The number of rotatable bonds is 2. The van der Waals surface area contributed by atoms with Gasteiger partial charge in [-0.1, -0.05) is 23.7 Å². The number of nitrogens with zero attached hydrogens (tertiary/aromatic N) is 2. The van der Waals surface area contributed by atoms with E-state index in [0.29, 0.717) is 16.5 Å². The van der Waals surface area contributed by atoms with Crippen molar-refractivity contribution in [2.45, 2.75) is 6.92 Å². The minimum atomic E-state index is -0.370. The monoisotopic (exact) mass is 260 g/mol. The summed E-state index contributed by atoms with van der Waals surface area (Å²) in [6.45, 7) is 1.35. The maximum Gasteiger partial charge on any atom is 1.00 e. The van der Waals surface area contributed by atoms with E-state index in [-0.39, 0.29) is 37.0 Å². The minimum absolute atomic E-state index is 0. The van der Waals surface area contributed by atoms with Gasteiger partial charge in [-0.05, 0) is 12.1 Å². The first kappa shape index (κ1) is 14.3. The quantitative estimate of drug-likeness (QED) is 0.418. The predicted molar refractivity (Wildman–Crippen MR) is 61.0 cm³/mol. The van der Waals surface area contributed by atoms with Gasteiger partial charge in [-0.2, -0.15) is 5.10 Å².